The molecule has 0 bridgehead atoms. The van der Waals surface area contributed by atoms with Gasteiger partial charge in [0.25, 0.3) is 0 Å². The molecule has 120 valence electrons. The number of rotatable bonds is 4. The molecule has 2 aromatic heterocycles. The van der Waals surface area contributed by atoms with Gasteiger partial charge in [-0.25, -0.2) is 4.79 Å². The zero-order valence-corrected chi connectivity index (χ0v) is 13.4. The molecule has 0 radical (unpaired) electrons. The van der Waals surface area contributed by atoms with Crippen molar-refractivity contribution in [2.24, 2.45) is 0 Å². The Morgan fingerprint density at radius 2 is 2.30 bits per heavy atom. The lowest BCUT2D eigenvalue weighted by Crippen LogP contribution is -2.54. The lowest BCUT2D eigenvalue weighted by molar-refractivity contribution is -0.121. The highest BCUT2D eigenvalue weighted by molar-refractivity contribution is 7.09. The summed E-state index contributed by atoms with van der Waals surface area (Å²) < 4.78 is 0. The highest BCUT2D eigenvalue weighted by Crippen LogP contribution is 2.19. The summed E-state index contributed by atoms with van der Waals surface area (Å²) in [5.41, 5.74) is 0.767. The number of piperidine rings is 1. The number of aromatic nitrogens is 1. The summed E-state index contributed by atoms with van der Waals surface area (Å²) in [5, 5.41) is 7.52. The van der Waals surface area contributed by atoms with E-state index in [0.717, 1.165) is 17.0 Å². The Balaban J connectivity index is 1.57. The Labute approximate surface area is 138 Å². The Kier molecular flexibility index (Phi) is 4.87. The van der Waals surface area contributed by atoms with Crippen LogP contribution in [0.5, 0.6) is 0 Å². The maximum absolute atomic E-state index is 12.6. The fourth-order valence-electron chi connectivity index (χ4n) is 2.57. The summed E-state index contributed by atoms with van der Waals surface area (Å²) >= 11 is 1.58. The number of hydrogen-bond donors (Lipinski definition) is 2. The van der Waals surface area contributed by atoms with Gasteiger partial charge in [0.15, 0.2) is 0 Å². The highest BCUT2D eigenvalue weighted by atomic mass is 32.1. The molecule has 0 aliphatic carbocycles. The van der Waals surface area contributed by atoms with Crippen LogP contribution in [0, 0.1) is 0 Å². The van der Waals surface area contributed by atoms with E-state index in [1.54, 1.807) is 34.7 Å². The van der Waals surface area contributed by atoms with Gasteiger partial charge in [-0.05, 0) is 36.4 Å². The predicted molar refractivity (Wildman–Crippen MR) is 89.3 cm³/mol. The molecule has 0 spiro atoms. The number of amides is 3. The van der Waals surface area contributed by atoms with Crippen LogP contribution in [0.2, 0.25) is 0 Å². The SMILES string of the molecule is O=C(NCc1cccs1)N[C@@H]1CCCN(c2cccnc2)C1=O. The number of urea groups is 1. The van der Waals surface area contributed by atoms with Crippen LogP contribution in [0.3, 0.4) is 0 Å². The first-order valence-corrected chi connectivity index (χ1v) is 8.40. The molecular formula is C16H18N4O2S. The maximum atomic E-state index is 12.6. The number of carbonyl (C=O) groups is 2. The van der Waals surface area contributed by atoms with Gasteiger partial charge < -0.3 is 15.5 Å². The Morgan fingerprint density at radius 1 is 1.39 bits per heavy atom. The molecule has 2 aromatic rings. The number of hydrogen-bond acceptors (Lipinski definition) is 4. The Hall–Kier alpha value is -2.41. The molecule has 0 unspecified atom stereocenters. The van der Waals surface area contributed by atoms with E-state index in [1.165, 1.54) is 0 Å². The van der Waals surface area contributed by atoms with Gasteiger partial charge in [0.2, 0.25) is 5.91 Å². The van der Waals surface area contributed by atoms with E-state index < -0.39 is 6.04 Å². The molecule has 1 fully saturated rings. The van der Waals surface area contributed by atoms with Crippen molar-refractivity contribution in [2.45, 2.75) is 25.4 Å². The summed E-state index contributed by atoms with van der Waals surface area (Å²) in [4.78, 5) is 31.3. The van der Waals surface area contributed by atoms with E-state index in [0.29, 0.717) is 19.5 Å². The van der Waals surface area contributed by atoms with Gasteiger partial charge in [-0.3, -0.25) is 9.78 Å². The van der Waals surface area contributed by atoms with Crippen LogP contribution in [-0.4, -0.2) is 29.5 Å². The van der Waals surface area contributed by atoms with Crippen LogP contribution in [0.1, 0.15) is 17.7 Å². The molecule has 1 saturated heterocycles. The first-order chi connectivity index (χ1) is 11.2. The van der Waals surface area contributed by atoms with Gasteiger partial charge in [0, 0.05) is 17.6 Å². The fourth-order valence-corrected chi connectivity index (χ4v) is 3.21. The van der Waals surface area contributed by atoms with Crippen LogP contribution in [-0.2, 0) is 11.3 Å². The average molecular weight is 330 g/mol. The topological polar surface area (TPSA) is 74.3 Å². The molecule has 3 amide bonds. The number of nitrogens with zero attached hydrogens (tertiary/aromatic N) is 2. The molecule has 7 heteroatoms. The second-order valence-electron chi connectivity index (χ2n) is 5.30. The minimum atomic E-state index is -0.493. The molecule has 0 saturated carbocycles. The Morgan fingerprint density at radius 3 is 3.04 bits per heavy atom. The number of thiophene rings is 1. The molecule has 1 atom stereocenters. The minimum absolute atomic E-state index is 0.0875. The van der Waals surface area contributed by atoms with Crippen molar-refractivity contribution in [3.8, 4) is 0 Å². The zero-order valence-electron chi connectivity index (χ0n) is 12.6. The van der Waals surface area contributed by atoms with Gasteiger partial charge >= 0.3 is 6.03 Å². The monoisotopic (exact) mass is 330 g/mol. The summed E-state index contributed by atoms with van der Waals surface area (Å²) in [7, 11) is 0. The third-order valence-corrected chi connectivity index (χ3v) is 4.58. The van der Waals surface area contributed by atoms with Crippen molar-refractivity contribution in [3.63, 3.8) is 0 Å². The van der Waals surface area contributed by atoms with Crippen molar-refractivity contribution in [1.29, 1.82) is 0 Å². The van der Waals surface area contributed by atoms with Crippen molar-refractivity contribution in [3.05, 3.63) is 46.9 Å². The van der Waals surface area contributed by atoms with E-state index in [4.69, 9.17) is 0 Å². The maximum Gasteiger partial charge on any atom is 0.315 e. The van der Waals surface area contributed by atoms with Crippen molar-refractivity contribution in [2.75, 3.05) is 11.4 Å². The zero-order chi connectivity index (χ0) is 16.1. The van der Waals surface area contributed by atoms with Gasteiger partial charge in [-0.15, -0.1) is 11.3 Å². The predicted octanol–water partition coefficient (Wildman–Crippen LogP) is 2.14. The fraction of sp³-hybridized carbons (Fsp3) is 0.312. The highest BCUT2D eigenvalue weighted by Gasteiger charge is 2.30. The van der Waals surface area contributed by atoms with Crippen molar-refractivity contribution < 1.29 is 9.59 Å². The first-order valence-electron chi connectivity index (χ1n) is 7.52. The standard InChI is InChI=1S/C16H18N4O2S/c21-15-14(19-16(22)18-11-13-5-3-9-23-13)6-2-8-20(15)12-4-1-7-17-10-12/h1,3-5,7,9-10,14H,2,6,8,11H2,(H2,18,19,22)/t14-/m1/s1. The van der Waals surface area contributed by atoms with Gasteiger partial charge in [0.05, 0.1) is 18.4 Å². The van der Waals surface area contributed by atoms with Crippen molar-refractivity contribution >= 4 is 29.0 Å². The van der Waals surface area contributed by atoms with E-state index in [1.807, 2.05) is 23.6 Å². The summed E-state index contributed by atoms with van der Waals surface area (Å²) in [5.74, 6) is -0.0875. The summed E-state index contributed by atoms with van der Waals surface area (Å²) in [6.07, 6.45) is 4.83. The van der Waals surface area contributed by atoms with E-state index in [2.05, 4.69) is 15.6 Å². The molecule has 1 aliphatic heterocycles. The van der Waals surface area contributed by atoms with Gasteiger partial charge in [-0.1, -0.05) is 6.07 Å². The molecule has 3 heterocycles. The molecule has 2 N–H and O–H groups in total. The summed E-state index contributed by atoms with van der Waals surface area (Å²) in [6.45, 7) is 1.12. The van der Waals surface area contributed by atoms with E-state index >= 15 is 0 Å². The lowest BCUT2D eigenvalue weighted by Gasteiger charge is -2.32. The van der Waals surface area contributed by atoms with Gasteiger partial charge in [0.1, 0.15) is 6.04 Å². The number of nitrogens with one attached hydrogen (secondary N) is 2. The first kappa shape index (κ1) is 15.5. The lowest BCUT2D eigenvalue weighted by atomic mass is 10.0. The van der Waals surface area contributed by atoms with Crippen LogP contribution in [0.4, 0.5) is 10.5 Å². The van der Waals surface area contributed by atoms with Crippen molar-refractivity contribution in [1.82, 2.24) is 15.6 Å². The van der Waals surface area contributed by atoms with Gasteiger partial charge in [-0.2, -0.15) is 0 Å². The van der Waals surface area contributed by atoms with E-state index in [9.17, 15) is 9.59 Å². The smallest absolute Gasteiger partial charge is 0.315 e. The Bertz CT molecular complexity index is 660. The molecule has 1 aliphatic rings. The third-order valence-electron chi connectivity index (χ3n) is 3.70. The number of anilines is 1. The quantitative estimate of drug-likeness (QED) is 0.902. The van der Waals surface area contributed by atoms with Crippen LogP contribution in [0.25, 0.3) is 0 Å². The van der Waals surface area contributed by atoms with Crippen LogP contribution in [0.15, 0.2) is 42.0 Å². The summed E-state index contributed by atoms with van der Waals surface area (Å²) in [6, 6.07) is 6.74. The van der Waals surface area contributed by atoms with Crippen LogP contribution < -0.4 is 15.5 Å². The second kappa shape index (κ2) is 7.23. The molecular weight excluding hydrogens is 312 g/mol. The molecule has 6 nitrogen and oxygen atoms in total. The number of pyridine rings is 1. The van der Waals surface area contributed by atoms with Crippen LogP contribution >= 0.6 is 11.3 Å². The average Bonchev–Trinajstić information content (AvgIpc) is 3.09. The van der Waals surface area contributed by atoms with E-state index in [-0.39, 0.29) is 11.9 Å². The third kappa shape index (κ3) is 3.87. The largest absolute Gasteiger partial charge is 0.333 e. The number of carbonyl (C=O) groups excluding carboxylic acids is 2. The normalized spacial score (nSPS) is 17.8. The second-order valence-corrected chi connectivity index (χ2v) is 6.33. The molecule has 23 heavy (non-hydrogen) atoms. The molecule has 0 aromatic carbocycles. The molecule has 3 rings (SSSR count). The minimum Gasteiger partial charge on any atom is -0.333 e.